The summed E-state index contributed by atoms with van der Waals surface area (Å²) in [6, 6.07) is 7.59. The Morgan fingerprint density at radius 1 is 1.08 bits per heavy atom. The van der Waals surface area contributed by atoms with Gasteiger partial charge >= 0.3 is 0 Å². The molecule has 25 heavy (non-hydrogen) atoms. The molecule has 3 aromatic rings. The van der Waals surface area contributed by atoms with Gasteiger partial charge in [0.05, 0.1) is 18.2 Å². The third-order valence-electron chi connectivity index (χ3n) is 4.75. The average molecular weight is 343 g/mol. The Bertz CT molecular complexity index is 952. The van der Waals surface area contributed by atoms with E-state index < -0.39 is 29.8 Å². The molecule has 2 N–H and O–H groups in total. The lowest BCUT2D eigenvalue weighted by molar-refractivity contribution is 0.0698. The van der Waals surface area contributed by atoms with Crippen LogP contribution in [0.2, 0.25) is 0 Å². The Balaban J connectivity index is 1.98. The van der Waals surface area contributed by atoms with E-state index >= 15 is 0 Å². The number of piperidine rings is 1. The molecule has 1 saturated heterocycles. The van der Waals surface area contributed by atoms with E-state index in [2.05, 4.69) is 15.3 Å². The molecule has 3 atom stereocenters. The maximum Gasteiger partial charge on any atom is 0.123 e. The van der Waals surface area contributed by atoms with Gasteiger partial charge in [0.2, 0.25) is 0 Å². The zero-order valence-corrected chi connectivity index (χ0v) is 13.1. The highest BCUT2D eigenvalue weighted by atomic mass is 19.1. The second kappa shape index (κ2) is 6.00. The Morgan fingerprint density at radius 3 is 2.24 bits per heavy atom. The summed E-state index contributed by atoms with van der Waals surface area (Å²) < 4.78 is 29.3. The molecule has 1 fully saturated rings. The fourth-order valence-corrected chi connectivity index (χ4v) is 3.65. The van der Waals surface area contributed by atoms with Crippen LogP contribution in [0.25, 0.3) is 32.2 Å². The summed E-state index contributed by atoms with van der Waals surface area (Å²) in [5.74, 6) is -0.824. The van der Waals surface area contributed by atoms with Crippen LogP contribution in [-0.4, -0.2) is 34.9 Å². The van der Waals surface area contributed by atoms with Gasteiger partial charge in [-0.05, 0) is 41.9 Å². The smallest absolute Gasteiger partial charge is 0.123 e. The van der Waals surface area contributed by atoms with Crippen LogP contribution in [0.5, 0.6) is 0 Å². The quantitative estimate of drug-likeness (QED) is 0.425. The van der Waals surface area contributed by atoms with Crippen molar-refractivity contribution in [3.63, 3.8) is 0 Å². The van der Waals surface area contributed by atoms with E-state index in [1.54, 1.807) is 12.1 Å². The number of aliphatic hydroxyl groups excluding tert-OH is 1. The van der Waals surface area contributed by atoms with Crippen molar-refractivity contribution in [2.24, 2.45) is 5.11 Å². The molecule has 1 aliphatic rings. The predicted octanol–water partition coefficient (Wildman–Crippen LogP) is 3.26. The van der Waals surface area contributed by atoms with Crippen LogP contribution in [0.1, 0.15) is 6.04 Å². The molecule has 0 spiro atoms. The number of aliphatic hydroxyl groups is 1. The summed E-state index contributed by atoms with van der Waals surface area (Å²) in [6.07, 6.45) is -0.911. The second-order valence-electron chi connectivity index (χ2n) is 6.18. The van der Waals surface area contributed by atoms with Crippen LogP contribution >= 0.6 is 0 Å². The van der Waals surface area contributed by atoms with Gasteiger partial charge < -0.3 is 15.0 Å². The molecule has 4 rings (SSSR count). The fraction of sp³-hybridized carbons (Fsp3) is 0.294. The zero-order valence-electron chi connectivity index (χ0n) is 13.1. The first-order chi connectivity index (χ1) is 12.1. The second-order valence-corrected chi connectivity index (χ2v) is 6.18. The zero-order chi connectivity index (χ0) is 17.6. The van der Waals surface area contributed by atoms with Gasteiger partial charge in [-0.15, -0.1) is 0 Å². The number of rotatable bonds is 2. The minimum absolute atomic E-state index is 0.377. The average Bonchev–Trinajstić information content (AvgIpc) is 2.90. The fourth-order valence-electron chi connectivity index (χ4n) is 3.65. The van der Waals surface area contributed by atoms with Crippen LogP contribution in [0.4, 0.5) is 8.78 Å². The lowest BCUT2D eigenvalue weighted by Gasteiger charge is -2.35. The molecule has 3 unspecified atom stereocenters. The van der Waals surface area contributed by atoms with Crippen LogP contribution in [-0.2, 0) is 0 Å². The van der Waals surface area contributed by atoms with Gasteiger partial charge in [0.15, 0.2) is 0 Å². The van der Waals surface area contributed by atoms with Crippen LogP contribution in [0, 0.1) is 11.6 Å². The normalized spacial score (nSPS) is 23.7. The minimum atomic E-state index is -0.911. The SMILES string of the molecule is [N-]=[N+]=NC1CNCC(n2c3ccc(F)cc3c3cc(F)ccc32)C1O. The van der Waals surface area contributed by atoms with E-state index in [-0.39, 0.29) is 0 Å². The lowest BCUT2D eigenvalue weighted by atomic mass is 9.99. The largest absolute Gasteiger partial charge is 0.390 e. The summed E-state index contributed by atoms with van der Waals surface area (Å²) in [6.45, 7) is 0.828. The van der Waals surface area contributed by atoms with Crippen molar-refractivity contribution in [2.75, 3.05) is 13.1 Å². The van der Waals surface area contributed by atoms with Crippen LogP contribution < -0.4 is 5.32 Å². The Morgan fingerprint density at radius 2 is 1.68 bits per heavy atom. The number of nitrogens with zero attached hydrogens (tertiary/aromatic N) is 4. The first-order valence-electron chi connectivity index (χ1n) is 7.92. The third kappa shape index (κ3) is 2.51. The van der Waals surface area contributed by atoms with Gasteiger partial charge in [-0.25, -0.2) is 8.78 Å². The van der Waals surface area contributed by atoms with E-state index in [9.17, 15) is 13.9 Å². The molecule has 1 aromatic heterocycles. The molecule has 8 heteroatoms. The van der Waals surface area contributed by atoms with E-state index in [0.717, 1.165) is 0 Å². The summed E-state index contributed by atoms with van der Waals surface area (Å²) in [7, 11) is 0. The van der Waals surface area contributed by atoms with Crippen molar-refractivity contribution >= 4 is 21.8 Å². The summed E-state index contributed by atoms with van der Waals surface area (Å²) in [4.78, 5) is 2.79. The maximum absolute atomic E-state index is 13.7. The molecule has 6 nitrogen and oxygen atoms in total. The standard InChI is InChI=1S/C17H15F2N5O/c18-9-1-3-14-11(5-9)12-6-10(19)2-4-15(12)24(14)16-8-21-7-13(17(16)25)22-23-20/h1-6,13,16-17,21,25H,7-8H2. The van der Waals surface area contributed by atoms with Crippen molar-refractivity contribution in [1.82, 2.24) is 9.88 Å². The highest BCUT2D eigenvalue weighted by Gasteiger charge is 2.34. The number of hydrogen-bond acceptors (Lipinski definition) is 3. The first-order valence-corrected chi connectivity index (χ1v) is 7.92. The molecular formula is C17H15F2N5O. The topological polar surface area (TPSA) is 86.0 Å². The molecule has 0 bridgehead atoms. The molecule has 1 aliphatic heterocycles. The Hall–Kier alpha value is -2.67. The van der Waals surface area contributed by atoms with E-state index in [0.29, 0.717) is 34.9 Å². The van der Waals surface area contributed by atoms with Crippen molar-refractivity contribution in [2.45, 2.75) is 18.2 Å². The van der Waals surface area contributed by atoms with Crippen LogP contribution in [0.3, 0.4) is 0 Å². The van der Waals surface area contributed by atoms with Gasteiger partial charge in [0, 0.05) is 39.8 Å². The summed E-state index contributed by atoms with van der Waals surface area (Å²) in [5.41, 5.74) is 10.1. The van der Waals surface area contributed by atoms with E-state index in [4.69, 9.17) is 5.53 Å². The monoisotopic (exact) mass is 343 g/mol. The summed E-state index contributed by atoms with van der Waals surface area (Å²) in [5, 5.41) is 18.6. The number of benzene rings is 2. The van der Waals surface area contributed by atoms with Gasteiger partial charge in [-0.1, -0.05) is 5.11 Å². The number of fused-ring (bicyclic) bond motifs is 3. The van der Waals surface area contributed by atoms with Crippen molar-refractivity contribution < 1.29 is 13.9 Å². The molecular weight excluding hydrogens is 328 g/mol. The van der Waals surface area contributed by atoms with E-state index in [1.165, 1.54) is 24.3 Å². The number of halogens is 2. The molecule has 2 heterocycles. The third-order valence-corrected chi connectivity index (χ3v) is 4.75. The first kappa shape index (κ1) is 15.8. The highest BCUT2D eigenvalue weighted by molar-refractivity contribution is 6.08. The Kier molecular flexibility index (Phi) is 3.80. The van der Waals surface area contributed by atoms with Gasteiger partial charge in [0.25, 0.3) is 0 Å². The number of hydrogen-bond donors (Lipinski definition) is 2. The van der Waals surface area contributed by atoms with Crippen molar-refractivity contribution in [3.8, 4) is 0 Å². The van der Waals surface area contributed by atoms with Gasteiger partial charge in [-0.2, -0.15) is 0 Å². The molecule has 0 saturated carbocycles. The minimum Gasteiger partial charge on any atom is -0.390 e. The number of aromatic nitrogens is 1. The van der Waals surface area contributed by atoms with Gasteiger partial charge in [-0.3, -0.25) is 0 Å². The summed E-state index contributed by atoms with van der Waals surface area (Å²) >= 11 is 0. The highest BCUT2D eigenvalue weighted by Crippen LogP contribution is 2.35. The van der Waals surface area contributed by atoms with Crippen molar-refractivity contribution in [3.05, 3.63) is 58.5 Å². The predicted molar refractivity (Wildman–Crippen MR) is 90.2 cm³/mol. The van der Waals surface area contributed by atoms with Gasteiger partial charge in [0.1, 0.15) is 11.6 Å². The Labute approximate surface area is 141 Å². The van der Waals surface area contributed by atoms with E-state index in [1.807, 2.05) is 4.57 Å². The molecule has 128 valence electrons. The maximum atomic E-state index is 13.7. The van der Waals surface area contributed by atoms with Crippen LogP contribution in [0.15, 0.2) is 41.5 Å². The molecule has 0 amide bonds. The number of azide groups is 1. The van der Waals surface area contributed by atoms with Crippen molar-refractivity contribution in [1.29, 1.82) is 0 Å². The molecule has 2 aromatic carbocycles. The lowest BCUT2D eigenvalue weighted by Crippen LogP contribution is -2.50. The molecule has 0 radical (unpaired) electrons. The molecule has 0 aliphatic carbocycles. The number of nitrogens with one attached hydrogen (secondary N) is 1.